The van der Waals surface area contributed by atoms with E-state index in [0.29, 0.717) is 38.1 Å². The van der Waals surface area contributed by atoms with Gasteiger partial charge in [-0.2, -0.15) is 0 Å². The number of hydrogen-bond donors (Lipinski definition) is 0. The number of piperazine rings is 1. The van der Waals surface area contributed by atoms with E-state index in [1.54, 1.807) is 0 Å². The standard InChI is InChI=1S/C21H22N4O2/c1-15-8-9-18(14-16(15)2)20(26)24-10-12-25(13-11-24)21-23-22-19(27-21)17-6-4-3-5-7-17/h3-9,14H,10-13H2,1-2H3. The van der Waals surface area contributed by atoms with Crippen LogP contribution in [0, 0.1) is 13.8 Å². The number of amides is 1. The molecule has 0 spiro atoms. The summed E-state index contributed by atoms with van der Waals surface area (Å²) in [5, 5.41) is 8.31. The van der Waals surface area contributed by atoms with Gasteiger partial charge in [-0.25, -0.2) is 0 Å². The van der Waals surface area contributed by atoms with Crippen molar-refractivity contribution in [3.05, 3.63) is 65.2 Å². The Bertz CT molecular complexity index is 944. The van der Waals surface area contributed by atoms with Gasteiger partial charge in [0.05, 0.1) is 0 Å². The molecule has 0 aliphatic carbocycles. The Labute approximate surface area is 158 Å². The SMILES string of the molecule is Cc1ccc(C(=O)N2CCN(c3nnc(-c4ccccc4)o3)CC2)cc1C. The summed E-state index contributed by atoms with van der Waals surface area (Å²) >= 11 is 0. The number of carbonyl (C=O) groups is 1. The molecule has 0 saturated carbocycles. The maximum Gasteiger partial charge on any atom is 0.318 e. The Morgan fingerprint density at radius 3 is 2.37 bits per heavy atom. The van der Waals surface area contributed by atoms with Crippen molar-refractivity contribution in [2.45, 2.75) is 13.8 Å². The largest absolute Gasteiger partial charge is 0.403 e. The summed E-state index contributed by atoms with van der Waals surface area (Å²) in [6.07, 6.45) is 0. The number of hydrogen-bond acceptors (Lipinski definition) is 5. The Morgan fingerprint density at radius 2 is 1.67 bits per heavy atom. The molecule has 0 N–H and O–H groups in total. The molecule has 0 bridgehead atoms. The van der Waals surface area contributed by atoms with Crippen molar-refractivity contribution in [1.82, 2.24) is 15.1 Å². The lowest BCUT2D eigenvalue weighted by atomic mass is 10.1. The molecule has 1 aromatic heterocycles. The zero-order valence-electron chi connectivity index (χ0n) is 15.6. The van der Waals surface area contributed by atoms with Crippen LogP contribution in [0.1, 0.15) is 21.5 Å². The Morgan fingerprint density at radius 1 is 0.926 bits per heavy atom. The number of aromatic nitrogens is 2. The van der Waals surface area contributed by atoms with Crippen molar-refractivity contribution in [2.75, 3.05) is 31.1 Å². The van der Waals surface area contributed by atoms with E-state index in [4.69, 9.17) is 4.42 Å². The minimum Gasteiger partial charge on any atom is -0.403 e. The van der Waals surface area contributed by atoms with E-state index in [2.05, 4.69) is 17.1 Å². The van der Waals surface area contributed by atoms with Gasteiger partial charge in [0.15, 0.2) is 0 Å². The van der Waals surface area contributed by atoms with Gasteiger partial charge in [-0.3, -0.25) is 4.79 Å². The first-order valence-electron chi connectivity index (χ1n) is 9.12. The molecule has 6 nitrogen and oxygen atoms in total. The number of aryl methyl sites for hydroxylation is 2. The van der Waals surface area contributed by atoms with Crippen molar-refractivity contribution in [1.29, 1.82) is 0 Å². The molecule has 3 aromatic rings. The van der Waals surface area contributed by atoms with Crippen molar-refractivity contribution in [3.8, 4) is 11.5 Å². The molecule has 0 atom stereocenters. The molecule has 2 heterocycles. The van der Waals surface area contributed by atoms with Gasteiger partial charge in [-0.05, 0) is 49.2 Å². The van der Waals surface area contributed by atoms with Crippen LogP contribution in [-0.4, -0.2) is 47.2 Å². The van der Waals surface area contributed by atoms with Crippen molar-refractivity contribution < 1.29 is 9.21 Å². The first-order chi connectivity index (χ1) is 13.1. The number of anilines is 1. The summed E-state index contributed by atoms with van der Waals surface area (Å²) < 4.78 is 5.82. The third-order valence-corrected chi connectivity index (χ3v) is 5.03. The zero-order chi connectivity index (χ0) is 18.8. The quantitative estimate of drug-likeness (QED) is 0.715. The third-order valence-electron chi connectivity index (χ3n) is 5.03. The smallest absolute Gasteiger partial charge is 0.318 e. The van der Waals surface area contributed by atoms with Crippen LogP contribution < -0.4 is 4.90 Å². The number of benzene rings is 2. The summed E-state index contributed by atoms with van der Waals surface area (Å²) in [5.41, 5.74) is 3.98. The van der Waals surface area contributed by atoms with Crippen LogP contribution in [-0.2, 0) is 0 Å². The third kappa shape index (κ3) is 3.56. The second kappa shape index (κ2) is 7.23. The van der Waals surface area contributed by atoms with Crippen LogP contribution in [0.25, 0.3) is 11.5 Å². The lowest BCUT2D eigenvalue weighted by molar-refractivity contribution is 0.0745. The first-order valence-corrected chi connectivity index (χ1v) is 9.12. The Balaban J connectivity index is 1.41. The summed E-state index contributed by atoms with van der Waals surface area (Å²) in [7, 11) is 0. The molecule has 2 aromatic carbocycles. The molecule has 0 unspecified atom stereocenters. The van der Waals surface area contributed by atoms with Gasteiger partial charge in [0.2, 0.25) is 5.89 Å². The number of rotatable bonds is 3. The average molecular weight is 362 g/mol. The summed E-state index contributed by atoms with van der Waals surface area (Å²) in [6, 6.07) is 16.1. The monoisotopic (exact) mass is 362 g/mol. The van der Waals surface area contributed by atoms with Gasteiger partial charge >= 0.3 is 6.01 Å². The molecule has 0 radical (unpaired) electrons. The zero-order valence-corrected chi connectivity index (χ0v) is 15.6. The molecule has 6 heteroatoms. The average Bonchev–Trinajstić information content (AvgIpc) is 3.21. The van der Waals surface area contributed by atoms with Crippen LogP contribution in [0.3, 0.4) is 0 Å². The molecule has 1 aliphatic heterocycles. The highest BCUT2D eigenvalue weighted by atomic mass is 16.4. The number of nitrogens with zero attached hydrogens (tertiary/aromatic N) is 4. The van der Waals surface area contributed by atoms with E-state index < -0.39 is 0 Å². The van der Waals surface area contributed by atoms with E-state index in [1.165, 1.54) is 5.56 Å². The van der Waals surface area contributed by atoms with Gasteiger partial charge in [0, 0.05) is 37.3 Å². The van der Waals surface area contributed by atoms with Gasteiger partial charge in [0.25, 0.3) is 5.91 Å². The van der Waals surface area contributed by atoms with E-state index in [-0.39, 0.29) is 5.91 Å². The van der Waals surface area contributed by atoms with E-state index in [0.717, 1.165) is 16.7 Å². The van der Waals surface area contributed by atoms with E-state index in [9.17, 15) is 4.79 Å². The highest BCUT2D eigenvalue weighted by Crippen LogP contribution is 2.23. The van der Waals surface area contributed by atoms with Gasteiger partial charge in [-0.1, -0.05) is 29.4 Å². The Hall–Kier alpha value is -3.15. The van der Waals surface area contributed by atoms with Crippen LogP contribution in [0.2, 0.25) is 0 Å². The summed E-state index contributed by atoms with van der Waals surface area (Å²) in [4.78, 5) is 16.7. The normalized spacial score (nSPS) is 14.4. The molecule has 138 valence electrons. The van der Waals surface area contributed by atoms with Crippen LogP contribution in [0.4, 0.5) is 6.01 Å². The number of carbonyl (C=O) groups excluding carboxylic acids is 1. The second-order valence-electron chi connectivity index (χ2n) is 6.83. The lowest BCUT2D eigenvalue weighted by Crippen LogP contribution is -2.49. The van der Waals surface area contributed by atoms with Crippen molar-refractivity contribution in [3.63, 3.8) is 0 Å². The molecule has 27 heavy (non-hydrogen) atoms. The van der Waals surface area contributed by atoms with Gasteiger partial charge in [-0.15, -0.1) is 5.10 Å². The minimum atomic E-state index is 0.0771. The van der Waals surface area contributed by atoms with Crippen LogP contribution in [0.5, 0.6) is 0 Å². The predicted molar refractivity (Wildman–Crippen MR) is 104 cm³/mol. The minimum absolute atomic E-state index is 0.0771. The summed E-state index contributed by atoms with van der Waals surface area (Å²) in [6.45, 7) is 6.70. The molecular weight excluding hydrogens is 340 g/mol. The molecule has 4 rings (SSSR count). The fourth-order valence-corrected chi connectivity index (χ4v) is 3.20. The molecule has 1 saturated heterocycles. The molecule has 1 aliphatic rings. The maximum atomic E-state index is 12.8. The fraction of sp³-hybridized carbons (Fsp3) is 0.286. The highest BCUT2D eigenvalue weighted by Gasteiger charge is 2.25. The fourth-order valence-electron chi connectivity index (χ4n) is 3.20. The van der Waals surface area contributed by atoms with Crippen molar-refractivity contribution in [2.24, 2.45) is 0 Å². The van der Waals surface area contributed by atoms with Crippen molar-refractivity contribution >= 4 is 11.9 Å². The second-order valence-corrected chi connectivity index (χ2v) is 6.83. The molecular formula is C21H22N4O2. The van der Waals surface area contributed by atoms with Crippen LogP contribution >= 0.6 is 0 Å². The Kier molecular flexibility index (Phi) is 4.62. The molecule has 1 amide bonds. The maximum absolute atomic E-state index is 12.8. The summed E-state index contributed by atoms with van der Waals surface area (Å²) in [5.74, 6) is 0.590. The van der Waals surface area contributed by atoms with Gasteiger partial charge in [0.1, 0.15) is 0 Å². The lowest BCUT2D eigenvalue weighted by Gasteiger charge is -2.33. The predicted octanol–water partition coefficient (Wildman–Crippen LogP) is 3.32. The topological polar surface area (TPSA) is 62.5 Å². The van der Waals surface area contributed by atoms with E-state index in [1.807, 2.05) is 65.3 Å². The first kappa shape index (κ1) is 17.3. The van der Waals surface area contributed by atoms with E-state index >= 15 is 0 Å². The van der Waals surface area contributed by atoms with Crippen LogP contribution in [0.15, 0.2) is 52.9 Å². The van der Waals surface area contributed by atoms with Gasteiger partial charge < -0.3 is 14.2 Å². The molecule has 1 fully saturated rings. The highest BCUT2D eigenvalue weighted by molar-refractivity contribution is 5.94.